The SMILES string of the molecule is CN(CC(=O)OC(C)(C)C)c1nc2nc(n1)C1(CCc3ccc-2cc3)CC1. The number of ether oxygens (including phenoxy) is 1. The zero-order valence-corrected chi connectivity index (χ0v) is 16.5. The highest BCUT2D eigenvalue weighted by Crippen LogP contribution is 2.51. The van der Waals surface area contributed by atoms with E-state index in [9.17, 15) is 4.79 Å². The molecule has 6 heteroatoms. The third kappa shape index (κ3) is 3.80. The zero-order valence-electron chi connectivity index (χ0n) is 16.5. The van der Waals surface area contributed by atoms with Crippen molar-refractivity contribution in [2.75, 3.05) is 18.5 Å². The molecule has 0 N–H and O–H groups in total. The number of anilines is 1. The van der Waals surface area contributed by atoms with Gasteiger partial charge in [0.05, 0.1) is 0 Å². The number of benzene rings is 1. The third-order valence-electron chi connectivity index (χ3n) is 5.18. The Bertz CT molecular complexity index is 867. The van der Waals surface area contributed by atoms with Crippen LogP contribution in [0.2, 0.25) is 0 Å². The lowest BCUT2D eigenvalue weighted by Crippen LogP contribution is -2.34. The smallest absolute Gasteiger partial charge is 0.326 e. The molecular weight excluding hydrogens is 340 g/mol. The first-order valence-corrected chi connectivity index (χ1v) is 9.53. The first-order chi connectivity index (χ1) is 12.7. The summed E-state index contributed by atoms with van der Waals surface area (Å²) in [5, 5.41) is 0. The van der Waals surface area contributed by atoms with Crippen LogP contribution in [-0.4, -0.2) is 40.1 Å². The Morgan fingerprint density at radius 2 is 1.81 bits per heavy atom. The van der Waals surface area contributed by atoms with Gasteiger partial charge in [0.1, 0.15) is 18.0 Å². The Labute approximate surface area is 160 Å². The summed E-state index contributed by atoms with van der Waals surface area (Å²) in [5.41, 5.74) is 1.88. The van der Waals surface area contributed by atoms with E-state index in [0.29, 0.717) is 11.8 Å². The average Bonchev–Trinajstić information content (AvgIpc) is 3.39. The standard InChI is InChI=1S/C21H26N4O2/c1-20(2,3)27-16(26)13-25(4)19-23-17-15-7-5-14(6-8-15)9-10-21(11-12-21)18(22-17)24-19/h5-8H,9-13H2,1-4H3. The second-order valence-electron chi connectivity index (χ2n) is 8.70. The van der Waals surface area contributed by atoms with E-state index in [4.69, 9.17) is 14.7 Å². The number of aryl methyl sites for hydroxylation is 1. The predicted molar refractivity (Wildman–Crippen MR) is 104 cm³/mol. The van der Waals surface area contributed by atoms with Crippen molar-refractivity contribution in [3.05, 3.63) is 35.7 Å². The predicted octanol–water partition coefficient (Wildman–Crippen LogP) is 3.29. The first-order valence-electron chi connectivity index (χ1n) is 9.53. The van der Waals surface area contributed by atoms with Crippen molar-refractivity contribution in [3.8, 4) is 11.4 Å². The van der Waals surface area contributed by atoms with Crippen LogP contribution in [0.4, 0.5) is 5.95 Å². The quantitative estimate of drug-likeness (QED) is 0.777. The van der Waals surface area contributed by atoms with E-state index in [1.807, 2.05) is 27.8 Å². The molecule has 2 aliphatic heterocycles. The molecule has 2 aromatic rings. The van der Waals surface area contributed by atoms with Gasteiger partial charge >= 0.3 is 5.97 Å². The second-order valence-corrected chi connectivity index (χ2v) is 8.70. The van der Waals surface area contributed by atoms with Crippen LogP contribution in [0.25, 0.3) is 11.4 Å². The lowest BCUT2D eigenvalue weighted by atomic mass is 9.94. The van der Waals surface area contributed by atoms with Crippen molar-refractivity contribution in [1.29, 1.82) is 0 Å². The molecule has 0 radical (unpaired) electrons. The number of carbonyl (C=O) groups excluding carboxylic acids is 1. The molecule has 1 aromatic carbocycles. The van der Waals surface area contributed by atoms with E-state index in [1.54, 1.807) is 4.90 Å². The Morgan fingerprint density at radius 3 is 2.44 bits per heavy atom. The van der Waals surface area contributed by atoms with Gasteiger partial charge in [-0.05, 0) is 52.0 Å². The van der Waals surface area contributed by atoms with Gasteiger partial charge in [-0.1, -0.05) is 24.3 Å². The molecule has 5 rings (SSSR count). The van der Waals surface area contributed by atoms with Gasteiger partial charge in [-0.2, -0.15) is 9.97 Å². The molecule has 0 saturated heterocycles. The Hall–Kier alpha value is -2.50. The number of esters is 1. The molecule has 3 aliphatic rings. The number of hydrogen-bond acceptors (Lipinski definition) is 6. The van der Waals surface area contributed by atoms with Gasteiger partial charge in [0, 0.05) is 18.0 Å². The maximum absolute atomic E-state index is 12.2. The number of carbonyl (C=O) groups is 1. The van der Waals surface area contributed by atoms with E-state index in [1.165, 1.54) is 5.56 Å². The topological polar surface area (TPSA) is 68.2 Å². The molecule has 0 unspecified atom stereocenters. The summed E-state index contributed by atoms with van der Waals surface area (Å²) in [4.78, 5) is 28.2. The van der Waals surface area contributed by atoms with Gasteiger partial charge in [0.25, 0.3) is 0 Å². The number of nitrogens with zero attached hydrogens (tertiary/aromatic N) is 4. The molecule has 1 spiro atoms. The number of hydrogen-bond donors (Lipinski definition) is 0. The minimum absolute atomic E-state index is 0.0614. The average molecular weight is 366 g/mol. The van der Waals surface area contributed by atoms with Crippen LogP contribution >= 0.6 is 0 Å². The molecule has 0 amide bonds. The van der Waals surface area contributed by atoms with Crippen LogP contribution in [-0.2, 0) is 21.4 Å². The van der Waals surface area contributed by atoms with Gasteiger partial charge in [0.15, 0.2) is 5.82 Å². The summed E-state index contributed by atoms with van der Waals surface area (Å²) in [6.45, 7) is 5.70. The molecule has 3 heterocycles. The minimum Gasteiger partial charge on any atom is -0.459 e. The van der Waals surface area contributed by atoms with Gasteiger partial charge in [-0.15, -0.1) is 0 Å². The van der Waals surface area contributed by atoms with Gasteiger partial charge < -0.3 is 9.64 Å². The molecular formula is C21H26N4O2. The van der Waals surface area contributed by atoms with Crippen LogP contribution in [0.15, 0.2) is 24.3 Å². The molecule has 0 atom stereocenters. The Kier molecular flexibility index (Phi) is 4.17. The fourth-order valence-electron chi connectivity index (χ4n) is 3.48. The minimum atomic E-state index is -0.510. The maximum atomic E-state index is 12.2. The monoisotopic (exact) mass is 366 g/mol. The van der Waals surface area contributed by atoms with E-state index in [0.717, 1.165) is 37.1 Å². The van der Waals surface area contributed by atoms with Crippen LogP contribution < -0.4 is 4.90 Å². The Balaban J connectivity index is 1.68. The van der Waals surface area contributed by atoms with Crippen LogP contribution in [0.1, 0.15) is 51.4 Å². The lowest BCUT2D eigenvalue weighted by molar-refractivity contribution is -0.152. The van der Waals surface area contributed by atoms with Crippen LogP contribution in [0.3, 0.4) is 0 Å². The number of aromatic nitrogens is 3. The van der Waals surface area contributed by atoms with E-state index in [2.05, 4.69) is 29.2 Å². The fourth-order valence-corrected chi connectivity index (χ4v) is 3.48. The van der Waals surface area contributed by atoms with E-state index < -0.39 is 5.60 Å². The molecule has 1 fully saturated rings. The van der Waals surface area contributed by atoms with Gasteiger partial charge in [-0.25, -0.2) is 4.98 Å². The number of fused-ring (bicyclic) bond motifs is 3. The molecule has 1 aromatic heterocycles. The van der Waals surface area contributed by atoms with E-state index >= 15 is 0 Å². The highest BCUT2D eigenvalue weighted by Gasteiger charge is 2.47. The van der Waals surface area contributed by atoms with E-state index in [-0.39, 0.29) is 17.9 Å². The van der Waals surface area contributed by atoms with Crippen molar-refractivity contribution < 1.29 is 9.53 Å². The summed E-state index contributed by atoms with van der Waals surface area (Å²) in [6, 6.07) is 8.45. The summed E-state index contributed by atoms with van der Waals surface area (Å²) in [7, 11) is 1.82. The summed E-state index contributed by atoms with van der Waals surface area (Å²) < 4.78 is 5.43. The Morgan fingerprint density at radius 1 is 1.11 bits per heavy atom. The van der Waals surface area contributed by atoms with Crippen molar-refractivity contribution in [2.45, 2.75) is 57.5 Å². The highest BCUT2D eigenvalue weighted by molar-refractivity contribution is 5.75. The van der Waals surface area contributed by atoms with Crippen molar-refractivity contribution in [2.24, 2.45) is 0 Å². The summed E-state index contributed by atoms with van der Waals surface area (Å²) >= 11 is 0. The van der Waals surface area contributed by atoms with Crippen molar-refractivity contribution in [1.82, 2.24) is 15.0 Å². The number of rotatable bonds is 3. The van der Waals surface area contributed by atoms with Crippen LogP contribution in [0, 0.1) is 0 Å². The summed E-state index contributed by atoms with van der Waals surface area (Å²) in [5.74, 6) is 1.77. The van der Waals surface area contributed by atoms with Gasteiger partial charge in [0.2, 0.25) is 5.95 Å². The molecule has 1 aliphatic carbocycles. The largest absolute Gasteiger partial charge is 0.459 e. The highest BCUT2D eigenvalue weighted by atomic mass is 16.6. The second kappa shape index (κ2) is 6.29. The maximum Gasteiger partial charge on any atom is 0.326 e. The molecule has 6 nitrogen and oxygen atoms in total. The van der Waals surface area contributed by atoms with Crippen molar-refractivity contribution in [3.63, 3.8) is 0 Å². The summed E-state index contributed by atoms with van der Waals surface area (Å²) in [6.07, 6.45) is 4.30. The zero-order chi connectivity index (χ0) is 19.2. The molecule has 4 bridgehead atoms. The van der Waals surface area contributed by atoms with Gasteiger partial charge in [-0.3, -0.25) is 4.79 Å². The first kappa shape index (κ1) is 17.9. The number of likely N-dealkylation sites (N-methyl/N-ethyl adjacent to an activating group) is 1. The molecule has 1 saturated carbocycles. The molecule has 142 valence electrons. The third-order valence-corrected chi connectivity index (χ3v) is 5.18. The molecule has 27 heavy (non-hydrogen) atoms. The normalized spacial score (nSPS) is 16.9. The van der Waals surface area contributed by atoms with Crippen molar-refractivity contribution >= 4 is 11.9 Å². The fraction of sp³-hybridized carbons (Fsp3) is 0.524. The van der Waals surface area contributed by atoms with Crippen LogP contribution in [0.5, 0.6) is 0 Å². The lowest BCUT2D eigenvalue weighted by Gasteiger charge is -2.24.